The number of rotatable bonds is 16. The Morgan fingerprint density at radius 3 is 0.914 bits per heavy atom. The van der Waals surface area contributed by atoms with Crippen molar-refractivity contribution in [1.29, 1.82) is 0 Å². The number of likely N-dealkylation sites (N-methyl/N-ethyl adjacent to an activating group) is 3. The summed E-state index contributed by atoms with van der Waals surface area (Å²) in [6, 6.07) is 28.1. The Labute approximate surface area is 487 Å². The van der Waals surface area contributed by atoms with Gasteiger partial charge in [0.1, 0.15) is 19.6 Å². The fourth-order valence-electron chi connectivity index (χ4n) is 9.43. The average Bonchev–Trinajstić information content (AvgIpc) is 3.43. The lowest BCUT2D eigenvalue weighted by atomic mass is 10.2. The van der Waals surface area contributed by atoms with Crippen molar-refractivity contribution >= 4 is 55.6 Å². The van der Waals surface area contributed by atoms with Crippen LogP contribution in [0.5, 0.6) is 0 Å². The molecule has 0 saturated carbocycles. The number of nitro groups is 3. The molecule has 4 fully saturated rings. The second-order valence-corrected chi connectivity index (χ2v) is 22.3. The molecule has 4 heterocycles. The Morgan fingerprint density at radius 1 is 0.469 bits per heavy atom. The highest BCUT2D eigenvalue weighted by Gasteiger charge is 2.31. The SMILES string of the molecule is CS(=O)(=O)OO.C[N+]1(CCO)CCN(c2ccc(N)cc2)CC1.C[N+]1(CCO)CCN(c2ccc([N+](=O)[O-])cc2)CC1.C[N+]1(CCO)CCN(c2ccc([N+](=O)[O-])cc2)CC1.O=[N+]([O-])c1ccc(N2CCN(CCO)CC2)cc1.[Cl-].[Cl-]. The van der Waals surface area contributed by atoms with Gasteiger partial charge in [-0.2, -0.15) is 8.42 Å². The minimum absolute atomic E-state index is 0. The maximum absolute atomic E-state index is 10.6. The summed E-state index contributed by atoms with van der Waals surface area (Å²) < 4.78 is 24.7. The summed E-state index contributed by atoms with van der Waals surface area (Å²) in [4.78, 5) is 41.9. The Hall–Kier alpha value is -5.79. The summed E-state index contributed by atoms with van der Waals surface area (Å²) in [6.45, 7) is 19.5. The van der Waals surface area contributed by atoms with Gasteiger partial charge in [-0.25, -0.2) is 5.26 Å². The van der Waals surface area contributed by atoms with Gasteiger partial charge in [0.15, 0.2) is 0 Å². The molecular weight excluding hydrogens is 1120 g/mol. The zero-order valence-electron chi connectivity index (χ0n) is 46.8. The largest absolute Gasteiger partial charge is 1.00 e. The van der Waals surface area contributed by atoms with E-state index in [1.807, 2.05) is 12.1 Å². The van der Waals surface area contributed by atoms with Crippen molar-refractivity contribution in [2.75, 3.05) is 210 Å². The number of anilines is 5. The van der Waals surface area contributed by atoms with Gasteiger partial charge in [0.05, 0.1) is 147 Å². The average molecular weight is 1200 g/mol. The predicted molar refractivity (Wildman–Crippen MR) is 305 cm³/mol. The second kappa shape index (κ2) is 34.6. The van der Waals surface area contributed by atoms with E-state index in [1.54, 1.807) is 60.7 Å². The molecule has 0 unspecified atom stereocenters. The first-order chi connectivity index (χ1) is 37.5. The number of non-ortho nitro benzene ring substituents is 3. The molecular formula is C52H83Cl2N12O14S+. The number of nitro benzene ring substituents is 3. The van der Waals surface area contributed by atoms with Gasteiger partial charge in [-0.05, 0) is 60.7 Å². The highest BCUT2D eigenvalue weighted by atomic mass is 35.5. The van der Waals surface area contributed by atoms with Crippen molar-refractivity contribution in [3.05, 3.63) is 127 Å². The number of halogens is 2. The number of aliphatic hydroxyl groups excluding tert-OH is 4. The monoisotopic (exact) mass is 1200 g/mol. The lowest BCUT2D eigenvalue weighted by Crippen LogP contribution is -3.00. The van der Waals surface area contributed by atoms with E-state index in [-0.39, 0.29) is 83.1 Å². The van der Waals surface area contributed by atoms with Crippen LogP contribution in [0.4, 0.5) is 45.5 Å². The van der Waals surface area contributed by atoms with Crippen LogP contribution in [-0.2, 0) is 14.5 Å². The van der Waals surface area contributed by atoms with Crippen LogP contribution in [0.1, 0.15) is 0 Å². The van der Waals surface area contributed by atoms with Crippen molar-refractivity contribution in [3.8, 4) is 0 Å². The van der Waals surface area contributed by atoms with Crippen molar-refractivity contribution in [2.45, 2.75) is 0 Å². The molecule has 0 spiro atoms. The number of nitrogens with zero attached hydrogens (tertiary/aromatic N) is 11. The van der Waals surface area contributed by atoms with E-state index in [0.717, 1.165) is 167 Å². The minimum atomic E-state index is -3.61. The van der Waals surface area contributed by atoms with Gasteiger partial charge in [0, 0.05) is 97.6 Å². The molecule has 0 atom stereocenters. The number of piperazine rings is 4. The number of hydrogen-bond acceptors (Lipinski definition) is 20. The summed E-state index contributed by atoms with van der Waals surface area (Å²) in [5, 5.41) is 75.1. The molecule has 0 bridgehead atoms. The number of nitrogens with two attached hydrogens (primary N) is 1. The Morgan fingerprint density at radius 2 is 0.704 bits per heavy atom. The van der Waals surface area contributed by atoms with Crippen LogP contribution in [-0.4, -0.2) is 252 Å². The van der Waals surface area contributed by atoms with Gasteiger partial charge in [-0.15, -0.1) is 4.33 Å². The number of aliphatic hydroxyl groups is 4. The molecule has 4 aromatic rings. The first kappa shape index (κ1) is 71.3. The smallest absolute Gasteiger partial charge is 0.290 e. The van der Waals surface area contributed by atoms with Crippen LogP contribution in [0.15, 0.2) is 97.1 Å². The fourth-order valence-corrected chi connectivity index (χ4v) is 9.43. The molecule has 4 saturated heterocycles. The van der Waals surface area contributed by atoms with Crippen LogP contribution in [0.3, 0.4) is 0 Å². The van der Waals surface area contributed by atoms with Gasteiger partial charge in [-0.3, -0.25) is 35.2 Å². The topological polar surface area (TPSA) is 316 Å². The molecule has 8 rings (SSSR count). The summed E-state index contributed by atoms with van der Waals surface area (Å²) in [5.74, 6) is 0. The fraction of sp³-hybridized carbons (Fsp3) is 0.538. The first-order valence-corrected chi connectivity index (χ1v) is 28.1. The van der Waals surface area contributed by atoms with Gasteiger partial charge in [-0.1, -0.05) is 0 Å². The van der Waals surface area contributed by atoms with Crippen molar-refractivity contribution < 1.29 is 91.5 Å². The van der Waals surface area contributed by atoms with Crippen LogP contribution >= 0.6 is 0 Å². The zero-order valence-corrected chi connectivity index (χ0v) is 49.1. The lowest BCUT2D eigenvalue weighted by Gasteiger charge is -2.42. The van der Waals surface area contributed by atoms with Crippen molar-refractivity contribution in [2.24, 2.45) is 0 Å². The Kier molecular flexibility index (Phi) is 30.5. The van der Waals surface area contributed by atoms with Crippen LogP contribution in [0, 0.1) is 30.3 Å². The lowest BCUT2D eigenvalue weighted by molar-refractivity contribution is -0.910. The number of benzene rings is 4. The maximum Gasteiger partial charge on any atom is 0.290 e. The molecule has 0 radical (unpaired) electrons. The number of nitrogen functional groups attached to an aromatic ring is 1. The number of quaternary nitrogens is 3. The number of hydrogen-bond donors (Lipinski definition) is 6. The molecule has 7 N–H and O–H groups in total. The summed E-state index contributed by atoms with van der Waals surface area (Å²) in [7, 11) is 2.92. The summed E-state index contributed by atoms with van der Waals surface area (Å²) >= 11 is 0. The van der Waals surface area contributed by atoms with E-state index < -0.39 is 10.1 Å². The minimum Gasteiger partial charge on any atom is -1.00 e. The third-order valence-corrected chi connectivity index (χ3v) is 15.1. The molecule has 0 amide bonds. The van der Waals surface area contributed by atoms with E-state index in [9.17, 15) is 38.8 Å². The second-order valence-electron chi connectivity index (χ2n) is 20.7. The molecule has 26 nitrogen and oxygen atoms in total. The van der Waals surface area contributed by atoms with E-state index in [0.29, 0.717) is 6.54 Å². The highest BCUT2D eigenvalue weighted by Crippen LogP contribution is 2.25. The van der Waals surface area contributed by atoms with Gasteiger partial charge >= 0.3 is 0 Å². The normalized spacial score (nSPS) is 17.2. The molecule has 81 heavy (non-hydrogen) atoms. The molecule has 454 valence electrons. The molecule has 4 aromatic carbocycles. The highest BCUT2D eigenvalue weighted by molar-refractivity contribution is 7.85. The quantitative estimate of drug-likeness (QED) is 0.0208. The van der Waals surface area contributed by atoms with Crippen LogP contribution in [0.25, 0.3) is 0 Å². The first-order valence-electron chi connectivity index (χ1n) is 26.3. The van der Waals surface area contributed by atoms with E-state index >= 15 is 0 Å². The Bertz CT molecular complexity index is 2490. The number of β-amino-alcohol motifs (C(OH)–C–C–N with tert-alkyl or cyclic N) is 1. The van der Waals surface area contributed by atoms with Crippen LogP contribution in [0.2, 0.25) is 0 Å². The standard InChI is InChI=1S/2C13H20N3O3.C13H22N3O.C12H17N3O3.CH4O4S.2ClH/c2*1-16(10-11-17)8-6-14(7-9-16)12-2-4-13(5-3-12)15(18)19;1-16(10-11-17)8-6-15(7-9-16)13-4-2-12(14)3-5-13;16-10-9-13-5-7-14(8-6-13)11-1-3-12(4-2-11)15(17)18;1-6(3,4)5-2;;/h2*2-5,17H,6-11H2,1H3;2-5,17H,6-11,14H2,1H3;1-4,16H,5-10H2;2H,1H3;2*1H/q3*+1;;;;/p-2. The third kappa shape index (κ3) is 24.3. The van der Waals surface area contributed by atoms with Crippen molar-refractivity contribution in [1.82, 2.24) is 4.90 Å². The molecule has 4 aliphatic heterocycles. The van der Waals surface area contributed by atoms with E-state index in [2.05, 4.69) is 62.1 Å². The van der Waals surface area contributed by atoms with Gasteiger partial charge in [0.25, 0.3) is 27.2 Å². The molecule has 0 aliphatic carbocycles. The van der Waals surface area contributed by atoms with Crippen molar-refractivity contribution in [3.63, 3.8) is 0 Å². The van der Waals surface area contributed by atoms with Gasteiger partial charge < -0.3 is 84.0 Å². The maximum atomic E-state index is 10.6. The van der Waals surface area contributed by atoms with Crippen LogP contribution < -0.4 is 50.1 Å². The van der Waals surface area contributed by atoms with E-state index in [1.165, 1.54) is 17.8 Å². The summed E-state index contributed by atoms with van der Waals surface area (Å²) in [5.41, 5.74) is 11.2. The zero-order chi connectivity index (χ0) is 58.2. The Balaban J connectivity index is 0.000000354. The third-order valence-electron chi connectivity index (χ3n) is 14.8. The molecule has 29 heteroatoms. The summed E-state index contributed by atoms with van der Waals surface area (Å²) in [6.07, 6.45) is 0.743. The van der Waals surface area contributed by atoms with E-state index in [4.69, 9.17) is 31.4 Å². The molecule has 0 aromatic heterocycles. The molecule has 4 aliphatic rings. The van der Waals surface area contributed by atoms with Gasteiger partial charge in [0.2, 0.25) is 0 Å². The predicted octanol–water partition coefficient (Wildman–Crippen LogP) is -3.61.